The van der Waals surface area contributed by atoms with Crippen LogP contribution >= 0.6 is 23.2 Å². The van der Waals surface area contributed by atoms with E-state index in [9.17, 15) is 19.5 Å². The average molecular weight is 502 g/mol. The molecule has 176 valence electrons. The summed E-state index contributed by atoms with van der Waals surface area (Å²) in [5.41, 5.74) is 0.249. The minimum absolute atomic E-state index is 0.108. The third-order valence-corrected chi connectivity index (χ3v) is 6.54. The van der Waals surface area contributed by atoms with Crippen molar-refractivity contribution in [2.24, 2.45) is 0 Å². The maximum absolute atomic E-state index is 13.9. The summed E-state index contributed by atoms with van der Waals surface area (Å²) in [5, 5.41) is 21.6. The minimum atomic E-state index is -1.25. The maximum atomic E-state index is 13.9. The van der Waals surface area contributed by atoms with Crippen LogP contribution < -0.4 is 10.2 Å². The maximum Gasteiger partial charge on any atom is 0.332 e. The summed E-state index contributed by atoms with van der Waals surface area (Å²) in [5.74, 6) is -0.451. The van der Waals surface area contributed by atoms with Gasteiger partial charge < -0.3 is 20.2 Å². The lowest BCUT2D eigenvalue weighted by atomic mass is 9.86. The Hall–Kier alpha value is -3.32. The molecule has 2 fully saturated rings. The molecule has 2 atom stereocenters. The molecule has 2 unspecified atom stereocenters. The molecule has 2 saturated heterocycles. The number of urea groups is 2. The van der Waals surface area contributed by atoms with Crippen LogP contribution in [0.3, 0.4) is 0 Å². The van der Waals surface area contributed by atoms with Crippen LogP contribution in [-0.4, -0.2) is 64.8 Å². The number of nitriles is 1. The molecule has 2 aliphatic heterocycles. The molecule has 0 saturated carbocycles. The van der Waals surface area contributed by atoms with Gasteiger partial charge in [0.25, 0.3) is 5.91 Å². The first-order valence-electron chi connectivity index (χ1n) is 10.4. The summed E-state index contributed by atoms with van der Waals surface area (Å²) in [6.07, 6.45) is 0.365. The van der Waals surface area contributed by atoms with Crippen molar-refractivity contribution >= 4 is 46.9 Å². The van der Waals surface area contributed by atoms with Gasteiger partial charge in [0.1, 0.15) is 12.3 Å². The van der Waals surface area contributed by atoms with Gasteiger partial charge in [-0.3, -0.25) is 4.79 Å². The second-order valence-electron chi connectivity index (χ2n) is 8.37. The molecule has 0 radical (unpaired) electrons. The highest BCUT2D eigenvalue weighted by Gasteiger charge is 2.62. The molecule has 0 bridgehead atoms. The first kappa shape index (κ1) is 23.8. The lowest BCUT2D eigenvalue weighted by Gasteiger charge is -2.28. The van der Waals surface area contributed by atoms with E-state index < -0.39 is 36.3 Å². The van der Waals surface area contributed by atoms with Crippen molar-refractivity contribution in [1.82, 2.24) is 15.1 Å². The number of benzene rings is 2. The number of fused-ring (bicyclic) bond motifs is 1. The van der Waals surface area contributed by atoms with Gasteiger partial charge in [0, 0.05) is 36.5 Å². The van der Waals surface area contributed by atoms with E-state index in [1.807, 2.05) is 0 Å². The van der Waals surface area contributed by atoms with Crippen molar-refractivity contribution in [3.63, 3.8) is 0 Å². The Labute approximate surface area is 206 Å². The Morgan fingerprint density at radius 2 is 1.88 bits per heavy atom. The van der Waals surface area contributed by atoms with Crippen LogP contribution in [0.5, 0.6) is 0 Å². The number of hydrogen-bond acceptors (Lipinski definition) is 5. The zero-order valence-corrected chi connectivity index (χ0v) is 19.7. The highest BCUT2D eigenvalue weighted by molar-refractivity contribution is 6.35. The molecule has 4 rings (SSSR count). The fourth-order valence-electron chi connectivity index (χ4n) is 4.48. The van der Waals surface area contributed by atoms with E-state index in [1.165, 1.54) is 30.1 Å². The van der Waals surface area contributed by atoms with Crippen molar-refractivity contribution in [1.29, 1.82) is 5.26 Å². The second-order valence-corrected chi connectivity index (χ2v) is 9.24. The lowest BCUT2D eigenvalue weighted by molar-refractivity contribution is -0.124. The third kappa shape index (κ3) is 4.16. The summed E-state index contributed by atoms with van der Waals surface area (Å²) in [4.78, 5) is 43.2. The monoisotopic (exact) mass is 501 g/mol. The predicted molar refractivity (Wildman–Crippen MR) is 125 cm³/mol. The van der Waals surface area contributed by atoms with Crippen LogP contribution in [0, 0.1) is 11.3 Å². The number of carbonyl (C=O) groups is 3. The number of amides is 5. The zero-order valence-electron chi connectivity index (χ0n) is 18.2. The molecule has 34 heavy (non-hydrogen) atoms. The topological polar surface area (TPSA) is 117 Å². The van der Waals surface area contributed by atoms with Crippen molar-refractivity contribution in [3.8, 4) is 6.07 Å². The van der Waals surface area contributed by atoms with Gasteiger partial charge in [0.15, 0.2) is 0 Å². The molecule has 2 heterocycles. The van der Waals surface area contributed by atoms with E-state index in [0.717, 1.165) is 15.4 Å². The van der Waals surface area contributed by atoms with Crippen molar-refractivity contribution in [3.05, 3.63) is 63.6 Å². The van der Waals surface area contributed by atoms with Gasteiger partial charge in [-0.2, -0.15) is 5.26 Å². The number of imide groups is 1. The van der Waals surface area contributed by atoms with E-state index in [0.29, 0.717) is 5.56 Å². The van der Waals surface area contributed by atoms with Gasteiger partial charge in [-0.25, -0.2) is 14.5 Å². The summed E-state index contributed by atoms with van der Waals surface area (Å²) < 4.78 is 0. The van der Waals surface area contributed by atoms with Crippen molar-refractivity contribution in [2.75, 3.05) is 25.2 Å². The van der Waals surface area contributed by atoms with Gasteiger partial charge in [0.05, 0.1) is 23.4 Å². The average Bonchev–Trinajstić information content (AvgIpc) is 3.25. The first-order chi connectivity index (χ1) is 16.2. The molecule has 2 aromatic rings. The van der Waals surface area contributed by atoms with Crippen LogP contribution in [-0.2, 0) is 11.2 Å². The Balaban J connectivity index is 1.71. The van der Waals surface area contributed by atoms with Crippen molar-refractivity contribution in [2.45, 2.75) is 24.4 Å². The Morgan fingerprint density at radius 1 is 1.24 bits per heavy atom. The molecule has 0 spiro atoms. The summed E-state index contributed by atoms with van der Waals surface area (Å²) in [7, 11) is 1.43. The van der Waals surface area contributed by atoms with Crippen LogP contribution in [0.4, 0.5) is 15.3 Å². The molecule has 11 heteroatoms. The number of aliphatic hydroxyl groups is 1. The van der Waals surface area contributed by atoms with Crippen LogP contribution in [0.2, 0.25) is 10.0 Å². The molecule has 5 amide bonds. The minimum Gasteiger partial charge on any atom is -0.376 e. The number of anilines is 1. The summed E-state index contributed by atoms with van der Waals surface area (Å²) in [6.45, 7) is -0.365. The fourth-order valence-corrected chi connectivity index (χ4v) is 4.99. The number of nitrogens with one attached hydrogen (secondary N) is 1. The highest BCUT2D eigenvalue weighted by Crippen LogP contribution is 2.43. The quantitative estimate of drug-likeness (QED) is 0.482. The number of aliphatic hydroxyl groups excluding tert-OH is 1. The fraction of sp³-hybridized carbons (Fsp3) is 0.304. The van der Waals surface area contributed by atoms with Gasteiger partial charge in [0.2, 0.25) is 0 Å². The van der Waals surface area contributed by atoms with E-state index in [-0.39, 0.29) is 35.1 Å². The van der Waals surface area contributed by atoms with Gasteiger partial charge in [-0.05, 0) is 35.9 Å². The Morgan fingerprint density at radius 3 is 2.47 bits per heavy atom. The van der Waals surface area contributed by atoms with Crippen LogP contribution in [0.25, 0.3) is 0 Å². The third-order valence-electron chi connectivity index (χ3n) is 6.10. The standard InChI is InChI=1S/C23H21Cl2N5O4/c1-28(13-31)21(33)27-18-10-23(9-14-2-4-15(11-26)5-3-14)20(32)30(22(34)29(23)12-18)19-7-16(24)6-17(25)8-19/h2-8,18,31H,9-10,12-13H2,1H3,(H,27,33). The molecule has 0 aromatic heterocycles. The van der Waals surface area contributed by atoms with Gasteiger partial charge in [-0.15, -0.1) is 0 Å². The largest absolute Gasteiger partial charge is 0.376 e. The van der Waals surface area contributed by atoms with E-state index >= 15 is 0 Å². The summed E-state index contributed by atoms with van der Waals surface area (Å²) in [6, 6.07) is 11.8. The number of nitrogens with zero attached hydrogens (tertiary/aromatic N) is 4. The Bertz CT molecular complexity index is 1180. The number of carbonyl (C=O) groups excluding carboxylic acids is 3. The van der Waals surface area contributed by atoms with Crippen LogP contribution in [0.1, 0.15) is 17.5 Å². The molecular formula is C23H21Cl2N5O4. The molecule has 2 aliphatic rings. The van der Waals surface area contributed by atoms with Crippen molar-refractivity contribution < 1.29 is 19.5 Å². The number of hydrogen-bond donors (Lipinski definition) is 2. The van der Waals surface area contributed by atoms with Crippen LogP contribution in [0.15, 0.2) is 42.5 Å². The SMILES string of the molecule is CN(CO)C(=O)NC1CN2C(=O)N(c3cc(Cl)cc(Cl)c3)C(=O)C2(Cc2ccc(C#N)cc2)C1. The van der Waals surface area contributed by atoms with Gasteiger partial charge >= 0.3 is 12.1 Å². The van der Waals surface area contributed by atoms with E-state index in [4.69, 9.17) is 28.5 Å². The van der Waals surface area contributed by atoms with Gasteiger partial charge in [-0.1, -0.05) is 35.3 Å². The normalized spacial score (nSPS) is 21.4. The molecule has 9 nitrogen and oxygen atoms in total. The molecule has 2 aromatic carbocycles. The smallest absolute Gasteiger partial charge is 0.332 e. The second kappa shape index (κ2) is 9.14. The molecule has 0 aliphatic carbocycles. The number of halogens is 2. The predicted octanol–water partition coefficient (Wildman–Crippen LogP) is 2.98. The molecule has 2 N–H and O–H groups in total. The van der Waals surface area contributed by atoms with E-state index in [2.05, 4.69) is 11.4 Å². The Kier molecular flexibility index (Phi) is 6.41. The number of rotatable bonds is 5. The van der Waals surface area contributed by atoms with E-state index in [1.54, 1.807) is 24.3 Å². The first-order valence-corrected chi connectivity index (χ1v) is 11.2. The zero-order chi connectivity index (χ0) is 24.6. The highest BCUT2D eigenvalue weighted by atomic mass is 35.5. The lowest BCUT2D eigenvalue weighted by Crippen LogP contribution is -2.48. The molecular weight excluding hydrogens is 481 g/mol. The summed E-state index contributed by atoms with van der Waals surface area (Å²) >= 11 is 12.2.